The molecule has 1 rings (SSSR count). The molecular weight excluding hydrogens is 293 g/mol. The molecule has 0 spiro atoms. The van der Waals surface area contributed by atoms with Crippen molar-refractivity contribution in [3.05, 3.63) is 23.5 Å². The molecule has 0 aliphatic carbocycles. The van der Waals surface area contributed by atoms with Crippen molar-refractivity contribution < 1.29 is 12.8 Å². The third kappa shape index (κ3) is 4.66. The molecule has 1 aromatic rings. The van der Waals surface area contributed by atoms with Gasteiger partial charge in [-0.1, -0.05) is 13.8 Å². The number of rotatable bonds is 7. The van der Waals surface area contributed by atoms with Crippen molar-refractivity contribution in [2.24, 2.45) is 0 Å². The molecule has 0 radical (unpaired) electrons. The summed E-state index contributed by atoms with van der Waals surface area (Å²) in [6.07, 6.45) is 0. The number of hydrogen-bond acceptors (Lipinski definition) is 4. The van der Waals surface area contributed by atoms with Crippen LogP contribution in [0.2, 0.25) is 0 Å². The van der Waals surface area contributed by atoms with E-state index < -0.39 is 15.8 Å². The number of benzene rings is 1. The van der Waals surface area contributed by atoms with E-state index in [0.29, 0.717) is 6.54 Å². The zero-order valence-corrected chi connectivity index (χ0v) is 13.8. The summed E-state index contributed by atoms with van der Waals surface area (Å²) in [6, 6.07) is 2.19. The SMILES string of the molecule is CCN(CC)CC(C)NS(=O)(=O)c1cc(C)c(F)c(N)c1. The van der Waals surface area contributed by atoms with E-state index in [2.05, 4.69) is 9.62 Å². The van der Waals surface area contributed by atoms with Crippen LogP contribution < -0.4 is 10.5 Å². The van der Waals surface area contributed by atoms with Crippen LogP contribution in [-0.2, 0) is 10.0 Å². The van der Waals surface area contributed by atoms with Crippen LogP contribution in [0.4, 0.5) is 10.1 Å². The van der Waals surface area contributed by atoms with Gasteiger partial charge in [-0.2, -0.15) is 0 Å². The Kier molecular flexibility index (Phi) is 6.12. The molecule has 0 saturated carbocycles. The number of halogens is 1. The van der Waals surface area contributed by atoms with E-state index >= 15 is 0 Å². The molecule has 0 aliphatic rings. The van der Waals surface area contributed by atoms with Gasteiger partial charge in [-0.25, -0.2) is 17.5 Å². The topological polar surface area (TPSA) is 75.4 Å². The summed E-state index contributed by atoms with van der Waals surface area (Å²) in [5.41, 5.74) is 5.55. The van der Waals surface area contributed by atoms with Gasteiger partial charge < -0.3 is 10.6 Å². The lowest BCUT2D eigenvalue weighted by atomic mass is 10.2. The van der Waals surface area contributed by atoms with E-state index in [9.17, 15) is 12.8 Å². The highest BCUT2D eigenvalue weighted by atomic mass is 32.2. The fourth-order valence-electron chi connectivity index (χ4n) is 2.16. The predicted octanol–water partition coefficient (Wildman–Crippen LogP) is 1.72. The van der Waals surface area contributed by atoms with E-state index in [1.807, 2.05) is 13.8 Å². The van der Waals surface area contributed by atoms with Gasteiger partial charge in [0, 0.05) is 12.6 Å². The van der Waals surface area contributed by atoms with Gasteiger partial charge in [0.25, 0.3) is 0 Å². The Hall–Kier alpha value is -1.18. The quantitative estimate of drug-likeness (QED) is 0.751. The first-order chi connectivity index (χ1) is 9.71. The molecule has 1 unspecified atom stereocenters. The van der Waals surface area contributed by atoms with Crippen molar-refractivity contribution in [1.29, 1.82) is 0 Å². The van der Waals surface area contributed by atoms with Gasteiger partial charge >= 0.3 is 0 Å². The van der Waals surface area contributed by atoms with Crippen molar-refractivity contribution in [3.8, 4) is 0 Å². The van der Waals surface area contributed by atoms with Crippen LogP contribution in [0.3, 0.4) is 0 Å². The minimum atomic E-state index is -3.71. The normalized spacial score (nSPS) is 13.6. The molecule has 3 N–H and O–H groups in total. The largest absolute Gasteiger partial charge is 0.396 e. The number of anilines is 1. The van der Waals surface area contributed by atoms with Gasteiger partial charge in [0.1, 0.15) is 5.82 Å². The summed E-state index contributed by atoms with van der Waals surface area (Å²) in [6.45, 7) is 9.65. The van der Waals surface area contributed by atoms with Gasteiger partial charge in [-0.15, -0.1) is 0 Å². The molecule has 5 nitrogen and oxygen atoms in total. The lowest BCUT2D eigenvalue weighted by Gasteiger charge is -2.23. The summed E-state index contributed by atoms with van der Waals surface area (Å²) in [4.78, 5) is 2.11. The van der Waals surface area contributed by atoms with Crippen LogP contribution in [-0.4, -0.2) is 39.0 Å². The summed E-state index contributed by atoms with van der Waals surface area (Å²) in [5.74, 6) is -0.579. The van der Waals surface area contributed by atoms with Crippen LogP contribution in [0.5, 0.6) is 0 Å². The van der Waals surface area contributed by atoms with Crippen LogP contribution in [0.1, 0.15) is 26.3 Å². The van der Waals surface area contributed by atoms with Gasteiger partial charge in [0.2, 0.25) is 10.0 Å². The van der Waals surface area contributed by atoms with Crippen molar-refractivity contribution in [1.82, 2.24) is 9.62 Å². The zero-order valence-electron chi connectivity index (χ0n) is 13.0. The molecule has 7 heteroatoms. The number of nitrogens with one attached hydrogen (secondary N) is 1. The maximum absolute atomic E-state index is 13.5. The summed E-state index contributed by atoms with van der Waals surface area (Å²) < 4.78 is 40.7. The number of nitrogens with zero attached hydrogens (tertiary/aromatic N) is 1. The Balaban J connectivity index is 2.92. The van der Waals surface area contributed by atoms with Crippen LogP contribution in [0, 0.1) is 12.7 Å². The molecular formula is C14H24FN3O2S. The highest BCUT2D eigenvalue weighted by Crippen LogP contribution is 2.20. The number of nitrogen functional groups attached to an aromatic ring is 1. The third-order valence-electron chi connectivity index (χ3n) is 3.35. The second-order valence-electron chi connectivity index (χ2n) is 5.15. The van der Waals surface area contributed by atoms with Gasteiger partial charge in [-0.3, -0.25) is 0 Å². The second kappa shape index (κ2) is 7.20. The minimum Gasteiger partial charge on any atom is -0.396 e. The molecule has 0 saturated heterocycles. The Morgan fingerprint density at radius 2 is 1.90 bits per heavy atom. The van der Waals surface area contributed by atoms with Crippen LogP contribution in [0.15, 0.2) is 17.0 Å². The van der Waals surface area contributed by atoms with E-state index in [1.54, 1.807) is 6.92 Å². The number of nitrogens with two attached hydrogens (primary N) is 1. The first-order valence-corrected chi connectivity index (χ1v) is 8.49. The maximum atomic E-state index is 13.5. The number of aryl methyl sites for hydroxylation is 1. The van der Waals surface area contributed by atoms with Crippen molar-refractivity contribution >= 4 is 15.7 Å². The van der Waals surface area contributed by atoms with Gasteiger partial charge in [0.15, 0.2) is 0 Å². The van der Waals surface area contributed by atoms with Crippen LogP contribution in [0.25, 0.3) is 0 Å². The van der Waals surface area contributed by atoms with E-state index in [1.165, 1.54) is 13.0 Å². The first kappa shape index (κ1) is 17.9. The first-order valence-electron chi connectivity index (χ1n) is 7.01. The Bertz CT molecular complexity index is 563. The number of likely N-dealkylation sites (N-methyl/N-ethyl adjacent to an activating group) is 1. The van der Waals surface area contributed by atoms with E-state index in [0.717, 1.165) is 19.2 Å². The molecule has 0 aliphatic heterocycles. The Morgan fingerprint density at radius 3 is 2.38 bits per heavy atom. The van der Waals surface area contributed by atoms with Crippen molar-refractivity contribution in [2.75, 3.05) is 25.4 Å². The molecule has 0 aromatic heterocycles. The van der Waals surface area contributed by atoms with Gasteiger partial charge in [-0.05, 0) is 44.6 Å². The van der Waals surface area contributed by atoms with Crippen molar-refractivity contribution in [2.45, 2.75) is 38.6 Å². The molecule has 0 fully saturated rings. The smallest absolute Gasteiger partial charge is 0.240 e. The Morgan fingerprint density at radius 1 is 1.33 bits per heavy atom. The second-order valence-corrected chi connectivity index (χ2v) is 6.87. The molecule has 0 heterocycles. The minimum absolute atomic E-state index is 0.00898. The molecule has 21 heavy (non-hydrogen) atoms. The molecule has 0 bridgehead atoms. The summed E-state index contributed by atoms with van der Waals surface area (Å²) >= 11 is 0. The monoisotopic (exact) mass is 317 g/mol. The lowest BCUT2D eigenvalue weighted by molar-refractivity contribution is 0.282. The standard InChI is InChI=1S/C14H24FN3O2S/c1-5-18(6-2)9-11(4)17-21(19,20)12-7-10(3)14(15)13(16)8-12/h7-8,11,17H,5-6,9,16H2,1-4H3. The van der Waals surface area contributed by atoms with E-state index in [-0.39, 0.29) is 22.2 Å². The lowest BCUT2D eigenvalue weighted by Crippen LogP contribution is -2.41. The highest BCUT2D eigenvalue weighted by molar-refractivity contribution is 7.89. The van der Waals surface area contributed by atoms with Crippen LogP contribution >= 0.6 is 0 Å². The Labute approximate surface area is 126 Å². The zero-order chi connectivity index (χ0) is 16.2. The average Bonchev–Trinajstić information content (AvgIpc) is 2.40. The summed E-state index contributed by atoms with van der Waals surface area (Å²) in [7, 11) is -3.71. The third-order valence-corrected chi connectivity index (χ3v) is 4.92. The number of hydrogen-bond donors (Lipinski definition) is 2. The molecule has 1 aromatic carbocycles. The fraction of sp³-hybridized carbons (Fsp3) is 0.571. The summed E-state index contributed by atoms with van der Waals surface area (Å²) in [5, 5.41) is 0. The highest BCUT2D eigenvalue weighted by Gasteiger charge is 2.20. The van der Waals surface area contributed by atoms with Crippen molar-refractivity contribution in [3.63, 3.8) is 0 Å². The maximum Gasteiger partial charge on any atom is 0.240 e. The van der Waals surface area contributed by atoms with Gasteiger partial charge in [0.05, 0.1) is 10.6 Å². The number of sulfonamides is 1. The predicted molar refractivity (Wildman–Crippen MR) is 83.1 cm³/mol. The molecule has 120 valence electrons. The molecule has 0 amide bonds. The van der Waals surface area contributed by atoms with E-state index in [4.69, 9.17) is 5.73 Å². The molecule has 1 atom stereocenters. The average molecular weight is 317 g/mol. The fourth-order valence-corrected chi connectivity index (χ4v) is 3.51.